The zero-order chi connectivity index (χ0) is 12.1. The predicted octanol–water partition coefficient (Wildman–Crippen LogP) is -0.825. The van der Waals surface area contributed by atoms with Crippen LogP contribution in [-0.4, -0.2) is 41.4 Å². The number of quaternary nitrogens is 1. The summed E-state index contributed by atoms with van der Waals surface area (Å²) in [5.41, 5.74) is -0.841. The standard InChI is InChI=1S/C14H26NO.HI/c1-4-10-15(11-6-5-7-12-15)13-8-9-14(2,3)16;/h16H,4-7,10-13H2,1-3H3;1H/q+1;/p-1. The molecule has 0 bridgehead atoms. The van der Waals surface area contributed by atoms with Gasteiger partial charge in [-0.2, -0.15) is 0 Å². The molecule has 0 unspecified atom stereocenters. The van der Waals surface area contributed by atoms with Crippen LogP contribution in [0.1, 0.15) is 46.5 Å². The summed E-state index contributed by atoms with van der Waals surface area (Å²) in [7, 11) is 0. The maximum atomic E-state index is 9.58. The molecule has 1 fully saturated rings. The van der Waals surface area contributed by atoms with Crippen LogP contribution in [0.15, 0.2) is 0 Å². The van der Waals surface area contributed by atoms with Crippen LogP contribution in [0.2, 0.25) is 0 Å². The molecule has 0 aromatic carbocycles. The van der Waals surface area contributed by atoms with E-state index in [1.165, 1.54) is 45.3 Å². The highest BCUT2D eigenvalue weighted by molar-refractivity contribution is 5.10. The zero-order valence-corrected chi connectivity index (χ0v) is 13.6. The molecule has 1 aliphatic heterocycles. The fourth-order valence-electron chi connectivity index (χ4n) is 2.54. The summed E-state index contributed by atoms with van der Waals surface area (Å²) >= 11 is 0. The van der Waals surface area contributed by atoms with Crippen molar-refractivity contribution in [3.8, 4) is 11.8 Å². The first kappa shape index (κ1) is 17.2. The number of rotatable bonds is 3. The second kappa shape index (κ2) is 7.60. The Labute approximate surface area is 123 Å². The Morgan fingerprint density at radius 1 is 1.18 bits per heavy atom. The van der Waals surface area contributed by atoms with Crippen LogP contribution >= 0.6 is 0 Å². The van der Waals surface area contributed by atoms with Crippen molar-refractivity contribution < 1.29 is 33.6 Å². The molecule has 0 atom stereocenters. The van der Waals surface area contributed by atoms with Gasteiger partial charge in [-0.05, 0) is 45.5 Å². The number of piperidine rings is 1. The largest absolute Gasteiger partial charge is 1.00 e. The zero-order valence-electron chi connectivity index (χ0n) is 11.4. The summed E-state index contributed by atoms with van der Waals surface area (Å²) in [5.74, 6) is 6.14. The van der Waals surface area contributed by atoms with Crippen LogP contribution in [0, 0.1) is 11.8 Å². The van der Waals surface area contributed by atoms with Crippen LogP contribution in [0.4, 0.5) is 0 Å². The van der Waals surface area contributed by atoms with Gasteiger partial charge in [-0.1, -0.05) is 12.8 Å². The number of aliphatic hydroxyl groups is 1. The number of likely N-dealkylation sites (tertiary alicyclic amines) is 1. The third-order valence-corrected chi connectivity index (χ3v) is 3.27. The lowest BCUT2D eigenvalue weighted by molar-refractivity contribution is -0.926. The Kier molecular flexibility index (Phi) is 7.70. The van der Waals surface area contributed by atoms with Crippen LogP contribution in [0.25, 0.3) is 0 Å². The highest BCUT2D eigenvalue weighted by Gasteiger charge is 2.27. The van der Waals surface area contributed by atoms with Gasteiger partial charge in [0.2, 0.25) is 0 Å². The molecule has 17 heavy (non-hydrogen) atoms. The van der Waals surface area contributed by atoms with Crippen molar-refractivity contribution in [1.29, 1.82) is 0 Å². The van der Waals surface area contributed by atoms with Crippen molar-refractivity contribution >= 4 is 0 Å². The highest BCUT2D eigenvalue weighted by atomic mass is 127. The smallest absolute Gasteiger partial charge is 0.141 e. The minimum Gasteiger partial charge on any atom is -1.00 e. The first-order chi connectivity index (χ1) is 7.47. The molecule has 0 amide bonds. The second-order valence-electron chi connectivity index (χ2n) is 5.59. The van der Waals surface area contributed by atoms with E-state index in [2.05, 4.69) is 18.8 Å². The van der Waals surface area contributed by atoms with E-state index < -0.39 is 5.60 Å². The molecule has 0 spiro atoms. The lowest BCUT2D eigenvalue weighted by Gasteiger charge is -2.40. The molecule has 0 aliphatic carbocycles. The number of halogens is 1. The van der Waals surface area contributed by atoms with Crippen molar-refractivity contribution in [3.63, 3.8) is 0 Å². The number of nitrogens with zero attached hydrogens (tertiary/aromatic N) is 1. The van der Waals surface area contributed by atoms with Gasteiger partial charge in [-0.25, -0.2) is 0 Å². The Bertz CT molecular complexity index is 261. The van der Waals surface area contributed by atoms with E-state index >= 15 is 0 Å². The average molecular weight is 351 g/mol. The minimum atomic E-state index is -0.841. The van der Waals surface area contributed by atoms with Gasteiger partial charge in [0.15, 0.2) is 0 Å². The van der Waals surface area contributed by atoms with Gasteiger partial charge in [-0.15, -0.1) is 0 Å². The fourth-order valence-corrected chi connectivity index (χ4v) is 2.54. The molecule has 2 nitrogen and oxygen atoms in total. The summed E-state index contributed by atoms with van der Waals surface area (Å²) in [6.07, 6.45) is 5.28. The van der Waals surface area contributed by atoms with E-state index in [0.717, 1.165) is 11.0 Å². The minimum absolute atomic E-state index is 0. The molecule has 1 aliphatic rings. The van der Waals surface area contributed by atoms with Crippen molar-refractivity contribution in [2.75, 3.05) is 26.2 Å². The van der Waals surface area contributed by atoms with Gasteiger partial charge in [0.05, 0.1) is 19.6 Å². The monoisotopic (exact) mass is 351 g/mol. The SMILES string of the molecule is CCC[N+]1(CC#CC(C)(C)O)CCCCC1.[I-]. The molecule has 3 heteroatoms. The molecule has 0 saturated carbocycles. The summed E-state index contributed by atoms with van der Waals surface area (Å²) in [4.78, 5) is 0. The Morgan fingerprint density at radius 3 is 2.24 bits per heavy atom. The maximum Gasteiger partial charge on any atom is 0.141 e. The van der Waals surface area contributed by atoms with Crippen LogP contribution in [-0.2, 0) is 0 Å². The fraction of sp³-hybridized carbons (Fsp3) is 0.857. The molecule has 1 N–H and O–H groups in total. The van der Waals surface area contributed by atoms with Crippen molar-refractivity contribution in [2.24, 2.45) is 0 Å². The molecule has 100 valence electrons. The lowest BCUT2D eigenvalue weighted by atomic mass is 10.1. The summed E-state index contributed by atoms with van der Waals surface area (Å²) in [5, 5.41) is 9.58. The molecule has 0 aromatic rings. The molecular weight excluding hydrogens is 325 g/mol. The van der Waals surface area contributed by atoms with Gasteiger partial charge < -0.3 is 33.6 Å². The molecule has 1 saturated heterocycles. The lowest BCUT2D eigenvalue weighted by Crippen LogP contribution is -3.00. The quantitative estimate of drug-likeness (QED) is 0.400. The highest BCUT2D eigenvalue weighted by Crippen LogP contribution is 2.19. The molecular formula is C14H26INO. The van der Waals surface area contributed by atoms with Gasteiger partial charge in [0, 0.05) is 0 Å². The average Bonchev–Trinajstić information content (AvgIpc) is 2.17. The summed E-state index contributed by atoms with van der Waals surface area (Å²) in [6.45, 7) is 10.4. The van der Waals surface area contributed by atoms with Gasteiger partial charge in [-0.3, -0.25) is 0 Å². The van der Waals surface area contributed by atoms with E-state index in [9.17, 15) is 5.11 Å². The van der Waals surface area contributed by atoms with E-state index in [0.29, 0.717) is 0 Å². The Morgan fingerprint density at radius 2 is 1.76 bits per heavy atom. The third-order valence-electron chi connectivity index (χ3n) is 3.27. The molecule has 0 aromatic heterocycles. The number of hydrogen-bond donors (Lipinski definition) is 1. The predicted molar refractivity (Wildman–Crippen MR) is 67.9 cm³/mol. The van der Waals surface area contributed by atoms with E-state index in [1.807, 2.05) is 0 Å². The first-order valence-corrected chi connectivity index (χ1v) is 6.55. The molecule has 1 heterocycles. The Hall–Kier alpha value is 0.210. The Balaban J connectivity index is 0.00000256. The van der Waals surface area contributed by atoms with Crippen LogP contribution in [0.5, 0.6) is 0 Å². The maximum absolute atomic E-state index is 9.58. The summed E-state index contributed by atoms with van der Waals surface area (Å²) < 4.78 is 1.15. The molecule has 0 radical (unpaired) electrons. The van der Waals surface area contributed by atoms with Gasteiger partial charge in [0.25, 0.3) is 0 Å². The molecule has 1 rings (SSSR count). The van der Waals surface area contributed by atoms with Crippen LogP contribution in [0.3, 0.4) is 0 Å². The van der Waals surface area contributed by atoms with Crippen molar-refractivity contribution in [1.82, 2.24) is 0 Å². The summed E-state index contributed by atoms with van der Waals surface area (Å²) in [6, 6.07) is 0. The van der Waals surface area contributed by atoms with Crippen molar-refractivity contribution in [3.05, 3.63) is 0 Å². The second-order valence-corrected chi connectivity index (χ2v) is 5.59. The first-order valence-electron chi connectivity index (χ1n) is 6.55. The van der Waals surface area contributed by atoms with Gasteiger partial charge in [0.1, 0.15) is 12.1 Å². The normalized spacial score (nSPS) is 18.8. The van der Waals surface area contributed by atoms with Gasteiger partial charge >= 0.3 is 0 Å². The van der Waals surface area contributed by atoms with E-state index in [4.69, 9.17) is 0 Å². The number of hydrogen-bond acceptors (Lipinski definition) is 1. The third kappa shape index (κ3) is 6.64. The van der Waals surface area contributed by atoms with Crippen LogP contribution < -0.4 is 24.0 Å². The van der Waals surface area contributed by atoms with Crippen molar-refractivity contribution in [2.45, 2.75) is 52.1 Å². The van der Waals surface area contributed by atoms with E-state index in [1.54, 1.807) is 13.8 Å². The topological polar surface area (TPSA) is 20.2 Å². The van der Waals surface area contributed by atoms with E-state index in [-0.39, 0.29) is 24.0 Å².